The van der Waals surface area contributed by atoms with Gasteiger partial charge in [0.25, 0.3) is 0 Å². The quantitative estimate of drug-likeness (QED) is 0.435. The van der Waals surface area contributed by atoms with Crippen molar-refractivity contribution in [2.24, 2.45) is 4.90 Å². The van der Waals surface area contributed by atoms with Crippen LogP contribution in [-0.2, 0) is 0 Å². The van der Waals surface area contributed by atoms with Crippen LogP contribution >= 0.6 is 0 Å². The predicted octanol–water partition coefficient (Wildman–Crippen LogP) is 1.41. The van der Waals surface area contributed by atoms with Crippen molar-refractivity contribution in [2.45, 2.75) is 13.8 Å². The summed E-state index contributed by atoms with van der Waals surface area (Å²) in [5.74, 6) is 0. The molecule has 0 aliphatic rings. The summed E-state index contributed by atoms with van der Waals surface area (Å²) >= 11 is 0. The summed E-state index contributed by atoms with van der Waals surface area (Å²) in [7, 11) is -2.69. The van der Waals surface area contributed by atoms with Crippen LogP contribution in [0.1, 0.15) is 13.8 Å². The third-order valence-corrected chi connectivity index (χ3v) is 0.834. The molecule has 0 radical (unpaired) electrons. The van der Waals surface area contributed by atoms with Gasteiger partial charge in [0.05, 0.1) is 0 Å². The van der Waals surface area contributed by atoms with Crippen molar-refractivity contribution in [1.29, 1.82) is 5.41 Å². The van der Waals surface area contributed by atoms with Crippen LogP contribution in [0.2, 0.25) is 0 Å². The zero-order chi connectivity index (χ0) is 7.44. The van der Waals surface area contributed by atoms with E-state index in [1.807, 2.05) is 0 Å². The Bertz CT molecular complexity index is 144. The molecule has 1 N–H and O–H groups in total. The first-order chi connectivity index (χ1) is 4.04. The molecule has 0 atom stereocenters. The van der Waals surface area contributed by atoms with Gasteiger partial charge >= 0.3 is 7.40 Å². The average molecular weight is 132 g/mol. The van der Waals surface area contributed by atoms with E-state index in [4.69, 9.17) is 5.41 Å². The zero-order valence-electron chi connectivity index (χ0n) is 5.28. The van der Waals surface area contributed by atoms with Gasteiger partial charge in [0.2, 0.25) is 0 Å². The third kappa shape index (κ3) is 3.82. The van der Waals surface area contributed by atoms with Gasteiger partial charge in [-0.05, 0) is 13.8 Å². The fourth-order valence-electron chi connectivity index (χ4n) is 0.243. The predicted molar refractivity (Wildman–Crippen MR) is 34.5 cm³/mol. The van der Waals surface area contributed by atoms with E-state index in [0.29, 0.717) is 0 Å². The highest BCUT2D eigenvalue weighted by Crippen LogP contribution is 1.89. The molecule has 0 aliphatic carbocycles. The molecule has 0 spiro atoms. The van der Waals surface area contributed by atoms with Crippen molar-refractivity contribution in [2.75, 3.05) is 0 Å². The van der Waals surface area contributed by atoms with Gasteiger partial charge < -0.3 is 5.41 Å². The minimum absolute atomic E-state index is 0.0790. The molecular weight excluding hydrogens is 125 g/mol. The van der Waals surface area contributed by atoms with Gasteiger partial charge in [0, 0.05) is 11.4 Å². The van der Waals surface area contributed by atoms with E-state index in [1.165, 1.54) is 13.8 Å². The van der Waals surface area contributed by atoms with Crippen LogP contribution in [0.5, 0.6) is 0 Å². The first-order valence-electron chi connectivity index (χ1n) is 2.42. The lowest BCUT2D eigenvalue weighted by Gasteiger charge is -1.91. The average Bonchev–Trinajstić information content (AvgIpc) is 1.63. The molecule has 0 aromatic rings. The molecule has 0 fully saturated rings. The summed E-state index contributed by atoms with van der Waals surface area (Å²) in [4.78, 5) is 2.84. The zero-order valence-corrected chi connectivity index (χ0v) is 5.28. The second-order valence-electron chi connectivity index (χ2n) is 1.62. The van der Waals surface area contributed by atoms with E-state index in [-0.39, 0.29) is 11.4 Å². The summed E-state index contributed by atoms with van der Waals surface area (Å²) in [6.07, 6.45) is 0. The maximum atomic E-state index is 11.4. The first kappa shape index (κ1) is 8.26. The number of hydrogen-bond donors (Lipinski definition) is 1. The molecular formula is C4H7BF2N2. The summed E-state index contributed by atoms with van der Waals surface area (Å²) in [6, 6.07) is 0. The first-order valence-corrected chi connectivity index (χ1v) is 2.42. The monoisotopic (exact) mass is 132 g/mol. The summed E-state index contributed by atoms with van der Waals surface area (Å²) in [5.41, 5.74) is 0.167. The van der Waals surface area contributed by atoms with Crippen molar-refractivity contribution in [3.8, 4) is 0 Å². The summed E-state index contributed by atoms with van der Waals surface area (Å²) in [6.45, 7) is 2.80. The molecule has 0 bridgehead atoms. The molecule has 0 amide bonds. The van der Waals surface area contributed by atoms with Crippen LogP contribution in [0, 0.1) is 5.41 Å². The highest BCUT2D eigenvalue weighted by Gasteiger charge is 2.10. The van der Waals surface area contributed by atoms with Crippen molar-refractivity contribution >= 4 is 18.8 Å². The van der Waals surface area contributed by atoms with E-state index >= 15 is 0 Å². The second-order valence-corrected chi connectivity index (χ2v) is 1.62. The minimum Gasteiger partial charge on any atom is -0.304 e. The SMILES string of the molecule is CC(=N)C(C)=NB(F)F. The van der Waals surface area contributed by atoms with Crippen LogP contribution < -0.4 is 0 Å². The minimum atomic E-state index is -2.69. The normalized spacial score (nSPS) is 11.3. The highest BCUT2D eigenvalue weighted by atomic mass is 19.2. The number of halogens is 2. The molecule has 0 heterocycles. The number of nitrogens with one attached hydrogen (secondary N) is 1. The maximum absolute atomic E-state index is 11.4. The largest absolute Gasteiger partial charge is 0.692 e. The fraction of sp³-hybridized carbons (Fsp3) is 0.500. The second kappa shape index (κ2) is 3.32. The highest BCUT2D eigenvalue weighted by molar-refractivity contribution is 6.50. The van der Waals surface area contributed by atoms with E-state index in [1.54, 1.807) is 0 Å². The lowest BCUT2D eigenvalue weighted by atomic mass is 10.2. The number of rotatable bonds is 2. The molecule has 0 saturated carbocycles. The molecule has 0 rings (SSSR count). The number of nitrogens with zero attached hydrogens (tertiary/aromatic N) is 1. The molecule has 5 heteroatoms. The molecule has 0 aromatic carbocycles. The van der Waals surface area contributed by atoms with E-state index in [0.717, 1.165) is 0 Å². The van der Waals surface area contributed by atoms with Crippen molar-refractivity contribution in [3.63, 3.8) is 0 Å². The lowest BCUT2D eigenvalue weighted by Crippen LogP contribution is -2.07. The number of hydrogen-bond acceptors (Lipinski definition) is 2. The van der Waals surface area contributed by atoms with Crippen molar-refractivity contribution < 1.29 is 8.63 Å². The lowest BCUT2D eigenvalue weighted by molar-refractivity contribution is 0.663. The van der Waals surface area contributed by atoms with Crippen LogP contribution in [0.25, 0.3) is 0 Å². The molecule has 0 aromatic heterocycles. The van der Waals surface area contributed by atoms with Crippen molar-refractivity contribution in [1.82, 2.24) is 0 Å². The van der Waals surface area contributed by atoms with Crippen LogP contribution in [0.4, 0.5) is 8.63 Å². The topological polar surface area (TPSA) is 36.2 Å². The molecule has 9 heavy (non-hydrogen) atoms. The van der Waals surface area contributed by atoms with Gasteiger partial charge in [-0.25, -0.2) is 0 Å². The third-order valence-electron chi connectivity index (χ3n) is 0.834. The van der Waals surface area contributed by atoms with E-state index < -0.39 is 7.40 Å². The standard InChI is InChI=1S/C4H7BF2N2/c1-3(8)4(2)9-5(6)7/h8H,1-2H3. The maximum Gasteiger partial charge on any atom is 0.692 e. The Morgan fingerprint density at radius 3 is 2.00 bits per heavy atom. The van der Waals surface area contributed by atoms with Gasteiger partial charge in [0.1, 0.15) is 0 Å². The Balaban J connectivity index is 4.00. The van der Waals surface area contributed by atoms with Gasteiger partial charge in [-0.15, -0.1) is 0 Å². The molecule has 0 saturated heterocycles. The van der Waals surface area contributed by atoms with Gasteiger partial charge in [-0.2, -0.15) is 0 Å². The fourth-order valence-corrected chi connectivity index (χ4v) is 0.243. The Kier molecular flexibility index (Phi) is 3.05. The Labute approximate surface area is 52.7 Å². The molecule has 0 unspecified atom stereocenters. The Morgan fingerprint density at radius 2 is 1.89 bits per heavy atom. The summed E-state index contributed by atoms with van der Waals surface area (Å²) < 4.78 is 22.7. The molecule has 50 valence electrons. The molecule has 2 nitrogen and oxygen atoms in total. The van der Waals surface area contributed by atoms with Crippen LogP contribution in [-0.4, -0.2) is 18.8 Å². The Morgan fingerprint density at radius 1 is 1.44 bits per heavy atom. The summed E-state index contributed by atoms with van der Waals surface area (Å²) in [5, 5.41) is 6.83. The van der Waals surface area contributed by atoms with Crippen LogP contribution in [0.15, 0.2) is 4.90 Å². The van der Waals surface area contributed by atoms with Gasteiger partial charge in [-0.3, -0.25) is 13.5 Å². The van der Waals surface area contributed by atoms with Crippen LogP contribution in [0.3, 0.4) is 0 Å². The van der Waals surface area contributed by atoms with E-state index in [2.05, 4.69) is 4.90 Å². The van der Waals surface area contributed by atoms with Crippen molar-refractivity contribution in [3.05, 3.63) is 0 Å². The van der Waals surface area contributed by atoms with E-state index in [9.17, 15) is 8.63 Å². The van der Waals surface area contributed by atoms with Gasteiger partial charge in [0.15, 0.2) is 0 Å². The van der Waals surface area contributed by atoms with Gasteiger partial charge in [-0.1, -0.05) is 0 Å². The molecule has 0 aliphatic heterocycles. The Hall–Kier alpha value is -0.735. The smallest absolute Gasteiger partial charge is 0.304 e.